The first-order valence-electron chi connectivity index (χ1n) is 20.7. The highest BCUT2D eigenvalue weighted by Gasteiger charge is 2.45. The summed E-state index contributed by atoms with van der Waals surface area (Å²) in [6.07, 6.45) is 6.73. The van der Waals surface area contributed by atoms with Crippen molar-refractivity contribution in [3.8, 4) is 79.2 Å². The summed E-state index contributed by atoms with van der Waals surface area (Å²) in [5.41, 5.74) is 11.9. The van der Waals surface area contributed by atoms with E-state index in [1.165, 1.54) is 37.7 Å². The van der Waals surface area contributed by atoms with Crippen LogP contribution >= 0.6 is 0 Å². The molecule has 2 saturated carbocycles. The minimum Gasteiger partial charge on any atom is -0.228 e. The number of benzene rings is 7. The molecule has 2 aromatic heterocycles. The van der Waals surface area contributed by atoms with Gasteiger partial charge in [-0.2, -0.15) is 0 Å². The molecule has 5 heteroatoms. The van der Waals surface area contributed by atoms with Gasteiger partial charge in [0.25, 0.3) is 0 Å². The molecule has 0 N–H and O–H groups in total. The number of fused-ring (bicyclic) bond motifs is 3. The van der Waals surface area contributed by atoms with E-state index in [0.717, 1.165) is 78.4 Å². The number of hydrogen-bond donors (Lipinski definition) is 0. The normalized spacial score (nSPS) is 17.1. The Morgan fingerprint density at radius 3 is 1.41 bits per heavy atom. The molecule has 7 aromatic carbocycles. The molecule has 5 nitrogen and oxygen atoms in total. The van der Waals surface area contributed by atoms with E-state index in [1.807, 2.05) is 66.7 Å². The van der Waals surface area contributed by atoms with E-state index >= 15 is 0 Å². The summed E-state index contributed by atoms with van der Waals surface area (Å²) >= 11 is 0. The van der Waals surface area contributed by atoms with Crippen molar-refractivity contribution in [2.24, 2.45) is 5.92 Å². The Morgan fingerprint density at radius 1 is 0.373 bits per heavy atom. The summed E-state index contributed by atoms with van der Waals surface area (Å²) in [6, 6.07) is 63.7. The molecule has 282 valence electrons. The fourth-order valence-electron chi connectivity index (χ4n) is 9.48. The summed E-state index contributed by atoms with van der Waals surface area (Å²) < 4.78 is 0. The number of hydrogen-bond acceptors (Lipinski definition) is 5. The smallest absolute Gasteiger partial charge is 0.164 e. The number of aromatic nitrogens is 5. The summed E-state index contributed by atoms with van der Waals surface area (Å²) in [6.45, 7) is 0. The molecule has 2 fully saturated rings. The molecule has 0 atom stereocenters. The summed E-state index contributed by atoms with van der Waals surface area (Å²) in [5.74, 6) is 3.55. The highest BCUT2D eigenvalue weighted by Crippen LogP contribution is 2.55. The van der Waals surface area contributed by atoms with Gasteiger partial charge in [-0.15, -0.1) is 0 Å². The first-order chi connectivity index (χ1) is 29.1. The van der Waals surface area contributed by atoms with Crippen LogP contribution in [0.25, 0.3) is 90.0 Å². The topological polar surface area (TPSA) is 64.5 Å². The maximum absolute atomic E-state index is 5.28. The Bertz CT molecular complexity index is 2880. The van der Waals surface area contributed by atoms with Crippen LogP contribution in [-0.4, -0.2) is 24.9 Å². The third-order valence-electron chi connectivity index (χ3n) is 12.6. The Balaban J connectivity index is 0.997. The van der Waals surface area contributed by atoms with Crippen molar-refractivity contribution in [1.29, 1.82) is 0 Å². The zero-order valence-electron chi connectivity index (χ0n) is 32.7. The van der Waals surface area contributed by atoms with Crippen LogP contribution in [0.15, 0.2) is 182 Å². The van der Waals surface area contributed by atoms with E-state index in [2.05, 4.69) is 115 Å². The van der Waals surface area contributed by atoms with E-state index in [9.17, 15) is 0 Å². The van der Waals surface area contributed by atoms with E-state index < -0.39 is 0 Å². The van der Waals surface area contributed by atoms with Crippen molar-refractivity contribution in [2.45, 2.75) is 37.5 Å². The second-order valence-electron chi connectivity index (χ2n) is 16.2. The summed E-state index contributed by atoms with van der Waals surface area (Å²) in [4.78, 5) is 25.3. The lowest BCUT2D eigenvalue weighted by molar-refractivity contribution is 0.419. The lowest BCUT2D eigenvalue weighted by Crippen LogP contribution is -2.19. The lowest BCUT2D eigenvalue weighted by atomic mass is 9.77. The molecule has 0 radical (unpaired) electrons. The van der Waals surface area contributed by atoms with Gasteiger partial charge in [-0.3, -0.25) is 0 Å². The van der Waals surface area contributed by atoms with Crippen molar-refractivity contribution in [3.05, 3.63) is 188 Å². The van der Waals surface area contributed by atoms with Crippen LogP contribution in [0.4, 0.5) is 0 Å². The van der Waals surface area contributed by atoms with E-state index in [0.29, 0.717) is 22.9 Å². The number of nitrogens with zero attached hydrogens (tertiary/aromatic N) is 5. The van der Waals surface area contributed by atoms with Gasteiger partial charge in [-0.1, -0.05) is 164 Å². The first-order valence-corrected chi connectivity index (χ1v) is 20.7. The average molecular weight is 760 g/mol. The minimum atomic E-state index is 0.369. The molecule has 11 rings (SSSR count). The Labute approximate surface area is 344 Å². The molecule has 0 saturated heterocycles. The van der Waals surface area contributed by atoms with E-state index in [4.69, 9.17) is 24.9 Å². The molecule has 2 bridgehead atoms. The summed E-state index contributed by atoms with van der Waals surface area (Å²) in [5, 5.41) is 2.30. The summed E-state index contributed by atoms with van der Waals surface area (Å²) in [7, 11) is 0. The van der Waals surface area contributed by atoms with Crippen LogP contribution < -0.4 is 0 Å². The maximum Gasteiger partial charge on any atom is 0.164 e. The van der Waals surface area contributed by atoms with Crippen LogP contribution in [0.3, 0.4) is 0 Å². The molecular weight excluding hydrogens is 719 g/mol. The van der Waals surface area contributed by atoms with Gasteiger partial charge in [0.1, 0.15) is 0 Å². The lowest BCUT2D eigenvalue weighted by Gasteiger charge is -2.27. The zero-order valence-corrected chi connectivity index (χ0v) is 32.7. The highest BCUT2D eigenvalue weighted by molar-refractivity contribution is 6.00. The van der Waals surface area contributed by atoms with Gasteiger partial charge in [0.2, 0.25) is 0 Å². The second kappa shape index (κ2) is 14.7. The third-order valence-corrected chi connectivity index (χ3v) is 12.6. The molecule has 2 heterocycles. The minimum absolute atomic E-state index is 0.369. The zero-order chi connectivity index (χ0) is 39.2. The molecule has 2 aliphatic rings. The third kappa shape index (κ3) is 6.69. The first kappa shape index (κ1) is 35.1. The van der Waals surface area contributed by atoms with Gasteiger partial charge in [-0.25, -0.2) is 24.9 Å². The quantitative estimate of drug-likeness (QED) is 0.154. The van der Waals surface area contributed by atoms with Gasteiger partial charge in [0, 0.05) is 33.4 Å². The predicted molar refractivity (Wildman–Crippen MR) is 239 cm³/mol. The SMILES string of the molecule is c1ccc(-c2nc(-c3ccc(C45CCC(CC4)C5)cc3)cc(-c3cc(-c4ccc(-c5nc(-c6ccccc6)nc(-c6ccccc6)n5)cc4)cc4ccccc34)n2)cc1. The van der Waals surface area contributed by atoms with Gasteiger partial charge >= 0.3 is 0 Å². The van der Waals surface area contributed by atoms with Gasteiger partial charge in [-0.05, 0) is 89.1 Å². The van der Waals surface area contributed by atoms with Crippen molar-refractivity contribution in [2.75, 3.05) is 0 Å². The van der Waals surface area contributed by atoms with Crippen molar-refractivity contribution < 1.29 is 0 Å². The Hall–Kier alpha value is -7.11. The fourth-order valence-corrected chi connectivity index (χ4v) is 9.48. The van der Waals surface area contributed by atoms with Crippen LogP contribution in [-0.2, 0) is 5.41 Å². The molecule has 0 unspecified atom stereocenters. The average Bonchev–Trinajstić information content (AvgIpc) is 3.95. The van der Waals surface area contributed by atoms with Crippen LogP contribution in [0.1, 0.15) is 37.7 Å². The Morgan fingerprint density at radius 2 is 0.847 bits per heavy atom. The van der Waals surface area contributed by atoms with Gasteiger partial charge in [0.05, 0.1) is 11.4 Å². The largest absolute Gasteiger partial charge is 0.228 e. The fraction of sp³-hybridized carbons (Fsp3) is 0.130. The maximum atomic E-state index is 5.28. The monoisotopic (exact) mass is 759 g/mol. The second-order valence-corrected chi connectivity index (χ2v) is 16.2. The van der Waals surface area contributed by atoms with Crippen molar-refractivity contribution >= 4 is 10.8 Å². The van der Waals surface area contributed by atoms with E-state index in [-0.39, 0.29) is 0 Å². The van der Waals surface area contributed by atoms with Gasteiger partial charge < -0.3 is 0 Å². The van der Waals surface area contributed by atoms with E-state index in [1.54, 1.807) is 0 Å². The molecule has 0 spiro atoms. The molecule has 0 aliphatic heterocycles. The van der Waals surface area contributed by atoms with Crippen LogP contribution in [0.5, 0.6) is 0 Å². The number of rotatable bonds is 8. The molecule has 2 aliphatic carbocycles. The standard InChI is InChI=1S/C54H41N5/c1-4-12-39(13-5-1)50-55-48(38-24-26-45(27-25-38)54-30-28-36(35-54)29-31-54)34-49(56-50)47-33-44(32-43-18-10-11-19-46(43)47)37-20-22-42(23-21-37)53-58-51(40-14-6-2-7-15-40)57-52(59-53)41-16-8-3-9-17-41/h1-27,32-34,36H,28-31,35H2. The van der Waals surface area contributed by atoms with Crippen LogP contribution in [0.2, 0.25) is 0 Å². The Kier molecular flexibility index (Phi) is 8.73. The predicted octanol–water partition coefficient (Wildman–Crippen LogP) is 13.3. The van der Waals surface area contributed by atoms with Gasteiger partial charge in [0.15, 0.2) is 23.3 Å². The van der Waals surface area contributed by atoms with Crippen molar-refractivity contribution in [3.63, 3.8) is 0 Å². The molecule has 0 amide bonds. The van der Waals surface area contributed by atoms with Crippen LogP contribution in [0, 0.1) is 5.92 Å². The van der Waals surface area contributed by atoms with Crippen molar-refractivity contribution in [1.82, 2.24) is 24.9 Å². The molecular formula is C54H41N5. The highest BCUT2D eigenvalue weighted by atomic mass is 15.0. The molecule has 9 aromatic rings. The molecule has 59 heavy (non-hydrogen) atoms.